The maximum Gasteiger partial charge on any atom is 0.203 e. The summed E-state index contributed by atoms with van der Waals surface area (Å²) >= 11 is 7.72. The second kappa shape index (κ2) is 9.43. The van der Waals surface area contributed by atoms with Crippen molar-refractivity contribution >= 4 is 34.3 Å². The molecule has 146 valence electrons. The normalized spacial score (nSPS) is 10.9. The number of rotatable bonds is 8. The van der Waals surface area contributed by atoms with Gasteiger partial charge < -0.3 is 14.2 Å². The fourth-order valence-electron chi connectivity index (χ4n) is 2.50. The van der Waals surface area contributed by atoms with Crippen LogP contribution in [0.2, 0.25) is 5.02 Å². The van der Waals surface area contributed by atoms with Gasteiger partial charge in [0, 0.05) is 10.9 Å². The third-order valence-corrected chi connectivity index (χ3v) is 4.83. The number of thiazole rings is 1. The highest BCUT2D eigenvalue weighted by molar-refractivity contribution is 7.14. The van der Waals surface area contributed by atoms with Crippen LogP contribution in [0.1, 0.15) is 12.5 Å². The van der Waals surface area contributed by atoms with Crippen molar-refractivity contribution in [3.05, 3.63) is 52.4 Å². The lowest BCUT2D eigenvalue weighted by Gasteiger charge is -2.11. The van der Waals surface area contributed by atoms with E-state index in [1.54, 1.807) is 26.5 Å². The molecule has 0 aliphatic heterocycles. The van der Waals surface area contributed by atoms with Gasteiger partial charge in [0.1, 0.15) is 5.75 Å². The molecule has 0 amide bonds. The molecule has 1 heterocycles. The SMILES string of the molecule is CCOc1cc(/C=N\Nc2nc(-c3ccc(OC)cc3)cs2)cc(Cl)c1OC. The fourth-order valence-corrected chi connectivity index (χ4v) is 3.47. The van der Waals surface area contributed by atoms with Gasteiger partial charge in [0.05, 0.1) is 37.8 Å². The number of nitrogens with one attached hydrogen (secondary N) is 1. The van der Waals surface area contributed by atoms with Gasteiger partial charge in [-0.15, -0.1) is 11.3 Å². The molecule has 0 aliphatic rings. The second-order valence-corrected chi connectivity index (χ2v) is 6.87. The highest BCUT2D eigenvalue weighted by atomic mass is 35.5. The van der Waals surface area contributed by atoms with E-state index >= 15 is 0 Å². The number of ether oxygens (including phenoxy) is 3. The van der Waals surface area contributed by atoms with Crippen molar-refractivity contribution < 1.29 is 14.2 Å². The first-order chi connectivity index (χ1) is 13.6. The average molecular weight is 418 g/mol. The molecule has 3 rings (SSSR count). The van der Waals surface area contributed by atoms with Crippen LogP contribution < -0.4 is 19.6 Å². The molecule has 0 unspecified atom stereocenters. The summed E-state index contributed by atoms with van der Waals surface area (Å²) in [6.45, 7) is 2.41. The second-order valence-electron chi connectivity index (χ2n) is 5.60. The molecule has 0 radical (unpaired) electrons. The number of nitrogens with zero attached hydrogens (tertiary/aromatic N) is 2. The Kier molecular flexibility index (Phi) is 6.73. The molecular weight excluding hydrogens is 398 g/mol. The summed E-state index contributed by atoms with van der Waals surface area (Å²) in [7, 11) is 3.20. The molecule has 28 heavy (non-hydrogen) atoms. The number of methoxy groups -OCH3 is 2. The van der Waals surface area contributed by atoms with E-state index in [-0.39, 0.29) is 0 Å². The van der Waals surface area contributed by atoms with Crippen LogP contribution in [-0.4, -0.2) is 32.0 Å². The first kappa shape index (κ1) is 20.0. The Bertz CT molecular complexity index is 958. The van der Waals surface area contributed by atoms with Crippen molar-refractivity contribution in [2.24, 2.45) is 5.10 Å². The van der Waals surface area contributed by atoms with Gasteiger partial charge in [-0.05, 0) is 48.9 Å². The summed E-state index contributed by atoms with van der Waals surface area (Å²) < 4.78 is 16.0. The Labute approximate surface area is 172 Å². The first-order valence-electron chi connectivity index (χ1n) is 8.54. The predicted octanol–water partition coefficient (Wildman–Crippen LogP) is 5.33. The van der Waals surface area contributed by atoms with E-state index in [9.17, 15) is 0 Å². The van der Waals surface area contributed by atoms with E-state index in [1.807, 2.05) is 42.6 Å². The van der Waals surface area contributed by atoms with E-state index in [0.29, 0.717) is 28.3 Å². The molecule has 2 aromatic carbocycles. The molecule has 1 aromatic heterocycles. The zero-order chi connectivity index (χ0) is 19.9. The quantitative estimate of drug-likeness (QED) is 0.396. The lowest BCUT2D eigenvalue weighted by Crippen LogP contribution is -1.98. The fraction of sp³-hybridized carbons (Fsp3) is 0.200. The predicted molar refractivity (Wildman–Crippen MR) is 114 cm³/mol. The monoisotopic (exact) mass is 417 g/mol. The smallest absolute Gasteiger partial charge is 0.203 e. The summed E-state index contributed by atoms with van der Waals surface area (Å²) in [5.41, 5.74) is 5.61. The Morgan fingerprint density at radius 1 is 1.18 bits per heavy atom. The van der Waals surface area contributed by atoms with Crippen LogP contribution >= 0.6 is 22.9 Å². The number of aromatic nitrogens is 1. The number of hydrazone groups is 1. The van der Waals surface area contributed by atoms with Crippen LogP contribution in [0.25, 0.3) is 11.3 Å². The van der Waals surface area contributed by atoms with Crippen LogP contribution in [-0.2, 0) is 0 Å². The number of benzene rings is 2. The van der Waals surface area contributed by atoms with Crippen molar-refractivity contribution in [3.63, 3.8) is 0 Å². The van der Waals surface area contributed by atoms with E-state index in [4.69, 9.17) is 25.8 Å². The zero-order valence-electron chi connectivity index (χ0n) is 15.7. The molecule has 0 atom stereocenters. The van der Waals surface area contributed by atoms with Gasteiger partial charge >= 0.3 is 0 Å². The number of hydrogen-bond acceptors (Lipinski definition) is 7. The molecule has 0 aliphatic carbocycles. The van der Waals surface area contributed by atoms with Crippen molar-refractivity contribution in [1.29, 1.82) is 0 Å². The minimum atomic E-state index is 0.464. The zero-order valence-corrected chi connectivity index (χ0v) is 17.3. The molecule has 0 spiro atoms. The lowest BCUT2D eigenvalue weighted by atomic mass is 10.2. The molecule has 3 aromatic rings. The van der Waals surface area contributed by atoms with E-state index < -0.39 is 0 Å². The Morgan fingerprint density at radius 3 is 2.64 bits per heavy atom. The summed E-state index contributed by atoms with van der Waals surface area (Å²) in [5.74, 6) is 1.90. The number of anilines is 1. The molecule has 8 heteroatoms. The van der Waals surface area contributed by atoms with Crippen LogP contribution in [0.3, 0.4) is 0 Å². The van der Waals surface area contributed by atoms with Crippen LogP contribution in [0.15, 0.2) is 46.9 Å². The van der Waals surface area contributed by atoms with Crippen molar-refractivity contribution in [3.8, 4) is 28.5 Å². The lowest BCUT2D eigenvalue weighted by molar-refractivity contribution is 0.311. The van der Waals surface area contributed by atoms with Gasteiger partial charge in [0.2, 0.25) is 5.13 Å². The van der Waals surface area contributed by atoms with Crippen LogP contribution in [0, 0.1) is 0 Å². The van der Waals surface area contributed by atoms with Crippen molar-refractivity contribution in [2.75, 3.05) is 26.3 Å². The number of hydrogen-bond donors (Lipinski definition) is 1. The van der Waals surface area contributed by atoms with Gasteiger partial charge in [-0.25, -0.2) is 4.98 Å². The van der Waals surface area contributed by atoms with Crippen LogP contribution in [0.5, 0.6) is 17.2 Å². The van der Waals surface area contributed by atoms with E-state index in [1.165, 1.54) is 11.3 Å². The van der Waals surface area contributed by atoms with Crippen LogP contribution in [0.4, 0.5) is 5.13 Å². The average Bonchev–Trinajstić information content (AvgIpc) is 3.17. The molecule has 1 N–H and O–H groups in total. The highest BCUT2D eigenvalue weighted by Crippen LogP contribution is 2.36. The van der Waals surface area contributed by atoms with E-state index in [2.05, 4.69) is 15.5 Å². The molecule has 0 bridgehead atoms. The van der Waals surface area contributed by atoms with Gasteiger partial charge in [0.15, 0.2) is 11.5 Å². The van der Waals surface area contributed by atoms with Crippen molar-refractivity contribution in [2.45, 2.75) is 6.92 Å². The standard InChI is InChI=1S/C20H20ClN3O3S/c1-4-27-18-10-13(9-16(21)19(18)26-3)11-22-24-20-23-17(12-28-20)14-5-7-15(25-2)8-6-14/h5-12H,4H2,1-3H3,(H,23,24)/b22-11-. The largest absolute Gasteiger partial charge is 0.497 e. The maximum atomic E-state index is 6.25. The Hall–Kier alpha value is -2.77. The van der Waals surface area contributed by atoms with Crippen molar-refractivity contribution in [1.82, 2.24) is 4.98 Å². The van der Waals surface area contributed by atoms with E-state index in [0.717, 1.165) is 22.6 Å². The summed E-state index contributed by atoms with van der Waals surface area (Å²) in [5, 5.41) is 7.36. The number of halogens is 1. The molecular formula is C20H20ClN3O3S. The summed E-state index contributed by atoms with van der Waals surface area (Å²) in [6, 6.07) is 11.3. The van der Waals surface area contributed by atoms with Gasteiger partial charge in [-0.2, -0.15) is 5.10 Å². The third-order valence-electron chi connectivity index (χ3n) is 3.80. The minimum absolute atomic E-state index is 0.464. The molecule has 0 saturated heterocycles. The van der Waals surface area contributed by atoms with Gasteiger partial charge in [-0.3, -0.25) is 5.43 Å². The maximum absolute atomic E-state index is 6.25. The summed E-state index contributed by atoms with van der Waals surface area (Å²) in [6.07, 6.45) is 1.66. The summed E-state index contributed by atoms with van der Waals surface area (Å²) in [4.78, 5) is 4.54. The molecule has 6 nitrogen and oxygen atoms in total. The Morgan fingerprint density at radius 2 is 1.96 bits per heavy atom. The molecule has 0 saturated carbocycles. The molecule has 0 fully saturated rings. The Balaban J connectivity index is 1.70. The first-order valence-corrected chi connectivity index (χ1v) is 9.79. The van der Waals surface area contributed by atoms with Gasteiger partial charge in [0.25, 0.3) is 0 Å². The topological polar surface area (TPSA) is 65.0 Å². The highest BCUT2D eigenvalue weighted by Gasteiger charge is 2.11. The van der Waals surface area contributed by atoms with Gasteiger partial charge in [-0.1, -0.05) is 11.6 Å². The third kappa shape index (κ3) is 4.74. The minimum Gasteiger partial charge on any atom is -0.497 e.